The lowest BCUT2D eigenvalue weighted by Crippen LogP contribution is -2.42. The number of aromatic nitrogens is 3. The highest BCUT2D eigenvalue weighted by Gasteiger charge is 2.17. The predicted molar refractivity (Wildman–Crippen MR) is 81.9 cm³/mol. The zero-order valence-electron chi connectivity index (χ0n) is 12.5. The first kappa shape index (κ1) is 15.0. The van der Waals surface area contributed by atoms with Gasteiger partial charge in [0.25, 0.3) is 0 Å². The molecule has 8 nitrogen and oxygen atoms in total. The van der Waals surface area contributed by atoms with E-state index < -0.39 is 0 Å². The van der Waals surface area contributed by atoms with Gasteiger partial charge in [-0.1, -0.05) is 6.07 Å². The number of hydrogen-bond acceptors (Lipinski definition) is 6. The molecule has 1 fully saturated rings. The van der Waals surface area contributed by atoms with E-state index in [1.807, 2.05) is 6.07 Å². The van der Waals surface area contributed by atoms with E-state index in [2.05, 4.69) is 15.4 Å². The maximum Gasteiger partial charge on any atom is 0.244 e. The number of ether oxygens (including phenoxy) is 1. The number of hydrogen-bond donors (Lipinski definition) is 1. The number of nitriles is 1. The van der Waals surface area contributed by atoms with Crippen molar-refractivity contribution in [3.8, 4) is 6.07 Å². The molecule has 1 amide bonds. The number of carbonyl (C=O) groups excluding carboxylic acids is 1. The molecular weight excluding hydrogens is 296 g/mol. The summed E-state index contributed by atoms with van der Waals surface area (Å²) in [5.74, 6) is 0.579. The van der Waals surface area contributed by atoms with Crippen LogP contribution in [0.5, 0.6) is 0 Å². The van der Waals surface area contributed by atoms with Gasteiger partial charge in [0.2, 0.25) is 5.91 Å². The van der Waals surface area contributed by atoms with E-state index in [-0.39, 0.29) is 12.5 Å². The van der Waals surface area contributed by atoms with Crippen LogP contribution in [0.15, 0.2) is 30.6 Å². The highest BCUT2D eigenvalue weighted by atomic mass is 16.5. The van der Waals surface area contributed by atoms with Gasteiger partial charge in [-0.05, 0) is 12.1 Å². The Morgan fingerprint density at radius 2 is 2.22 bits per heavy atom. The number of nitrogens with zero attached hydrogens (tertiary/aromatic N) is 5. The second-order valence-corrected chi connectivity index (χ2v) is 5.06. The lowest BCUT2D eigenvalue weighted by atomic mass is 10.3. The highest BCUT2D eigenvalue weighted by molar-refractivity contribution is 5.76. The Bertz CT molecular complexity index is 730. The lowest BCUT2D eigenvalue weighted by molar-refractivity contribution is -0.136. The number of nitrogens with one attached hydrogen (secondary N) is 1. The third kappa shape index (κ3) is 3.84. The van der Waals surface area contributed by atoms with Crippen molar-refractivity contribution < 1.29 is 9.53 Å². The first-order chi connectivity index (χ1) is 11.2. The fourth-order valence-electron chi connectivity index (χ4n) is 2.28. The molecule has 0 aliphatic carbocycles. The molecule has 0 aromatic carbocycles. The molecule has 23 heavy (non-hydrogen) atoms. The molecule has 0 spiro atoms. The van der Waals surface area contributed by atoms with Gasteiger partial charge in [0.1, 0.15) is 24.1 Å². The molecule has 3 heterocycles. The van der Waals surface area contributed by atoms with Crippen LogP contribution in [0, 0.1) is 11.3 Å². The van der Waals surface area contributed by atoms with Crippen molar-refractivity contribution in [1.82, 2.24) is 19.7 Å². The number of morpholine rings is 1. The Morgan fingerprint density at radius 1 is 1.39 bits per heavy atom. The van der Waals surface area contributed by atoms with Crippen molar-refractivity contribution in [1.29, 1.82) is 5.26 Å². The molecule has 0 bridgehead atoms. The zero-order valence-corrected chi connectivity index (χ0v) is 12.5. The second kappa shape index (κ2) is 6.89. The van der Waals surface area contributed by atoms with E-state index in [1.54, 1.807) is 40.2 Å². The molecule has 0 saturated carbocycles. The fourth-order valence-corrected chi connectivity index (χ4v) is 2.28. The third-order valence-electron chi connectivity index (χ3n) is 3.43. The first-order valence-corrected chi connectivity index (χ1v) is 7.27. The number of amides is 1. The molecule has 2 aromatic heterocycles. The average Bonchev–Trinajstić information content (AvgIpc) is 3.02. The lowest BCUT2D eigenvalue weighted by Gasteiger charge is -2.26. The van der Waals surface area contributed by atoms with Gasteiger partial charge in [0.15, 0.2) is 0 Å². The van der Waals surface area contributed by atoms with E-state index >= 15 is 0 Å². The maximum atomic E-state index is 12.2. The van der Waals surface area contributed by atoms with Crippen LogP contribution in [-0.2, 0) is 16.1 Å². The number of pyridine rings is 1. The summed E-state index contributed by atoms with van der Waals surface area (Å²) in [7, 11) is 0. The van der Waals surface area contributed by atoms with Crippen molar-refractivity contribution in [3.05, 3.63) is 36.3 Å². The van der Waals surface area contributed by atoms with E-state index in [4.69, 9.17) is 10.00 Å². The van der Waals surface area contributed by atoms with Crippen LogP contribution in [0.1, 0.15) is 5.69 Å². The summed E-state index contributed by atoms with van der Waals surface area (Å²) < 4.78 is 6.81. The Labute approximate surface area is 133 Å². The average molecular weight is 312 g/mol. The number of rotatable bonds is 4. The Hall–Kier alpha value is -2.92. The van der Waals surface area contributed by atoms with Crippen LogP contribution < -0.4 is 5.32 Å². The maximum absolute atomic E-state index is 12.2. The molecule has 2 aromatic rings. The largest absolute Gasteiger partial charge is 0.378 e. The van der Waals surface area contributed by atoms with Crippen molar-refractivity contribution in [2.75, 3.05) is 31.6 Å². The smallest absolute Gasteiger partial charge is 0.244 e. The van der Waals surface area contributed by atoms with Gasteiger partial charge in [-0.25, -0.2) is 4.98 Å². The zero-order chi connectivity index (χ0) is 16.1. The quantitative estimate of drug-likeness (QED) is 0.895. The van der Waals surface area contributed by atoms with Crippen LogP contribution >= 0.6 is 0 Å². The van der Waals surface area contributed by atoms with Gasteiger partial charge in [0.05, 0.1) is 25.1 Å². The van der Waals surface area contributed by atoms with E-state index in [0.29, 0.717) is 43.5 Å². The normalized spacial score (nSPS) is 14.3. The van der Waals surface area contributed by atoms with Crippen LogP contribution in [0.3, 0.4) is 0 Å². The van der Waals surface area contributed by atoms with Gasteiger partial charge >= 0.3 is 0 Å². The molecule has 3 rings (SSSR count). The molecule has 1 N–H and O–H groups in total. The van der Waals surface area contributed by atoms with Crippen LogP contribution in [0.25, 0.3) is 0 Å². The molecule has 8 heteroatoms. The Kier molecular flexibility index (Phi) is 4.49. The molecule has 0 unspecified atom stereocenters. The van der Waals surface area contributed by atoms with Gasteiger partial charge < -0.3 is 15.0 Å². The summed E-state index contributed by atoms with van der Waals surface area (Å²) in [6.45, 7) is 2.59. The molecule has 1 aliphatic heterocycles. The number of carbonyl (C=O) groups is 1. The van der Waals surface area contributed by atoms with Crippen molar-refractivity contribution >= 4 is 17.4 Å². The Balaban J connectivity index is 1.61. The van der Waals surface area contributed by atoms with Gasteiger partial charge in [-0.2, -0.15) is 10.4 Å². The van der Waals surface area contributed by atoms with Gasteiger partial charge in [0, 0.05) is 19.3 Å². The predicted octanol–water partition coefficient (Wildman–Crippen LogP) is 0.752. The highest BCUT2D eigenvalue weighted by Crippen LogP contribution is 2.14. The molecule has 0 radical (unpaired) electrons. The van der Waals surface area contributed by atoms with E-state index in [9.17, 15) is 4.79 Å². The molecular formula is C15H16N6O2. The molecule has 1 saturated heterocycles. The van der Waals surface area contributed by atoms with Crippen molar-refractivity contribution in [2.45, 2.75) is 6.54 Å². The fraction of sp³-hybridized carbons (Fsp3) is 0.333. The van der Waals surface area contributed by atoms with E-state index in [0.717, 1.165) is 0 Å². The summed E-state index contributed by atoms with van der Waals surface area (Å²) in [5, 5.41) is 16.1. The van der Waals surface area contributed by atoms with Crippen LogP contribution in [0.2, 0.25) is 0 Å². The molecule has 118 valence electrons. The van der Waals surface area contributed by atoms with Crippen LogP contribution in [0.4, 0.5) is 11.5 Å². The van der Waals surface area contributed by atoms with Gasteiger partial charge in [-0.3, -0.25) is 9.48 Å². The SMILES string of the molecule is N#Cc1cccc(Nc2cnn(CC(=O)N3CCOCC3)c2)n1. The van der Waals surface area contributed by atoms with E-state index in [1.165, 1.54) is 0 Å². The second-order valence-electron chi connectivity index (χ2n) is 5.06. The summed E-state index contributed by atoms with van der Waals surface area (Å²) in [5.41, 5.74) is 1.05. The summed E-state index contributed by atoms with van der Waals surface area (Å²) in [6, 6.07) is 7.13. The minimum atomic E-state index is 0.0209. The van der Waals surface area contributed by atoms with Crippen LogP contribution in [-0.4, -0.2) is 51.9 Å². The summed E-state index contributed by atoms with van der Waals surface area (Å²) in [4.78, 5) is 18.1. The topological polar surface area (TPSA) is 96.1 Å². The number of anilines is 2. The summed E-state index contributed by atoms with van der Waals surface area (Å²) in [6.07, 6.45) is 3.35. The molecule has 0 atom stereocenters. The van der Waals surface area contributed by atoms with Crippen molar-refractivity contribution in [3.63, 3.8) is 0 Å². The first-order valence-electron chi connectivity index (χ1n) is 7.27. The molecule has 1 aliphatic rings. The van der Waals surface area contributed by atoms with Crippen molar-refractivity contribution in [2.24, 2.45) is 0 Å². The third-order valence-corrected chi connectivity index (χ3v) is 3.43. The Morgan fingerprint density at radius 3 is 3.00 bits per heavy atom. The minimum Gasteiger partial charge on any atom is -0.378 e. The standard InChI is InChI=1S/C15H16N6O2/c16-8-12-2-1-3-14(18-12)19-13-9-17-21(10-13)11-15(22)20-4-6-23-7-5-20/h1-3,9-10H,4-7,11H2,(H,18,19). The van der Waals surface area contributed by atoms with Gasteiger partial charge in [-0.15, -0.1) is 0 Å². The minimum absolute atomic E-state index is 0.0209. The monoisotopic (exact) mass is 312 g/mol. The summed E-state index contributed by atoms with van der Waals surface area (Å²) >= 11 is 0.